The van der Waals surface area contributed by atoms with Crippen LogP contribution in [0.2, 0.25) is 5.02 Å². The predicted octanol–water partition coefficient (Wildman–Crippen LogP) is 3.93. The number of halogens is 2. The van der Waals surface area contributed by atoms with E-state index in [0.29, 0.717) is 11.3 Å². The summed E-state index contributed by atoms with van der Waals surface area (Å²) in [6, 6.07) is 11.1. The lowest BCUT2D eigenvalue weighted by Crippen LogP contribution is -2.34. The molecule has 0 aromatic heterocycles. The summed E-state index contributed by atoms with van der Waals surface area (Å²) in [4.78, 5) is 22.9. The third-order valence-corrected chi connectivity index (χ3v) is 3.84. The Labute approximate surface area is 150 Å². The summed E-state index contributed by atoms with van der Waals surface area (Å²) in [6.07, 6.45) is 0. The maximum atomic E-state index is 12.0. The van der Waals surface area contributed by atoms with Crippen LogP contribution in [0.4, 0.5) is 5.69 Å². The van der Waals surface area contributed by atoms with Gasteiger partial charge in [-0.25, -0.2) is 4.79 Å². The summed E-state index contributed by atoms with van der Waals surface area (Å²) >= 11 is 14.2. The summed E-state index contributed by atoms with van der Waals surface area (Å²) in [7, 11) is 0. The van der Waals surface area contributed by atoms with E-state index in [9.17, 15) is 9.59 Å². The van der Waals surface area contributed by atoms with Gasteiger partial charge in [-0.3, -0.25) is 10.1 Å². The fraction of sp³-hybridized carbons (Fsp3) is 0. The molecule has 0 fully saturated rings. The number of anilines is 1. The minimum absolute atomic E-state index is 0.0120. The molecular formula is C15H10BrClN2O3S. The normalized spacial score (nSPS) is 10.0. The first-order chi connectivity index (χ1) is 10.9. The standard InChI is InChI=1S/C15H10BrClN2O3S/c16-9-3-1-8(2-4-9)13(20)19-15(23)18-10-5-6-11(14(21)22)12(17)7-10/h1-7H,(H,21,22)(H2,18,19,20,23). The van der Waals surface area contributed by atoms with E-state index in [0.717, 1.165) is 4.47 Å². The minimum Gasteiger partial charge on any atom is -0.478 e. The van der Waals surface area contributed by atoms with Gasteiger partial charge in [0.05, 0.1) is 10.6 Å². The fourth-order valence-electron chi connectivity index (χ4n) is 1.71. The van der Waals surface area contributed by atoms with Crippen LogP contribution in [0.1, 0.15) is 20.7 Å². The van der Waals surface area contributed by atoms with Crippen LogP contribution < -0.4 is 10.6 Å². The van der Waals surface area contributed by atoms with E-state index in [1.807, 2.05) is 0 Å². The van der Waals surface area contributed by atoms with E-state index in [1.54, 1.807) is 24.3 Å². The molecule has 0 aliphatic rings. The van der Waals surface area contributed by atoms with Gasteiger partial charge in [0.15, 0.2) is 5.11 Å². The topological polar surface area (TPSA) is 78.4 Å². The van der Waals surface area contributed by atoms with Crippen molar-refractivity contribution in [3.63, 3.8) is 0 Å². The Bertz CT molecular complexity index is 781. The summed E-state index contributed by atoms with van der Waals surface area (Å²) < 4.78 is 0.864. The van der Waals surface area contributed by atoms with Crippen molar-refractivity contribution in [1.29, 1.82) is 0 Å². The Morgan fingerprint density at radius 3 is 2.35 bits per heavy atom. The van der Waals surface area contributed by atoms with Crippen molar-refractivity contribution in [2.24, 2.45) is 0 Å². The molecule has 0 spiro atoms. The number of carbonyl (C=O) groups excluding carboxylic acids is 1. The van der Waals surface area contributed by atoms with Crippen molar-refractivity contribution in [2.45, 2.75) is 0 Å². The van der Waals surface area contributed by atoms with E-state index in [1.165, 1.54) is 18.2 Å². The van der Waals surface area contributed by atoms with Crippen molar-refractivity contribution in [3.8, 4) is 0 Å². The highest BCUT2D eigenvalue weighted by Crippen LogP contribution is 2.21. The highest BCUT2D eigenvalue weighted by atomic mass is 79.9. The Hall–Kier alpha value is -1.96. The van der Waals surface area contributed by atoms with Gasteiger partial charge >= 0.3 is 5.97 Å². The Balaban J connectivity index is 2.02. The molecule has 0 bridgehead atoms. The number of nitrogens with one attached hydrogen (secondary N) is 2. The van der Waals surface area contributed by atoms with E-state index in [4.69, 9.17) is 28.9 Å². The molecule has 0 radical (unpaired) electrons. The first-order valence-corrected chi connectivity index (χ1v) is 7.85. The van der Waals surface area contributed by atoms with E-state index in [2.05, 4.69) is 26.6 Å². The smallest absolute Gasteiger partial charge is 0.337 e. The van der Waals surface area contributed by atoms with Crippen LogP contribution in [0.15, 0.2) is 46.9 Å². The zero-order valence-corrected chi connectivity index (χ0v) is 14.6. The number of thiocarbonyl (C=S) groups is 1. The molecule has 23 heavy (non-hydrogen) atoms. The minimum atomic E-state index is -1.12. The molecule has 2 rings (SSSR count). The molecule has 0 aliphatic carbocycles. The zero-order valence-electron chi connectivity index (χ0n) is 11.5. The molecule has 0 atom stereocenters. The number of carboxylic acid groups (broad SMARTS) is 1. The van der Waals surface area contributed by atoms with Crippen molar-refractivity contribution in [3.05, 3.63) is 63.1 Å². The second kappa shape index (κ2) is 7.54. The first-order valence-electron chi connectivity index (χ1n) is 6.27. The monoisotopic (exact) mass is 412 g/mol. The Morgan fingerprint density at radius 2 is 1.78 bits per heavy atom. The van der Waals surface area contributed by atoms with Crippen molar-refractivity contribution in [1.82, 2.24) is 5.32 Å². The number of aromatic carboxylic acids is 1. The molecule has 2 aromatic rings. The highest BCUT2D eigenvalue weighted by molar-refractivity contribution is 9.10. The summed E-state index contributed by atoms with van der Waals surface area (Å²) in [5, 5.41) is 14.4. The van der Waals surface area contributed by atoms with Gasteiger partial charge in [0, 0.05) is 15.7 Å². The van der Waals surface area contributed by atoms with Gasteiger partial charge < -0.3 is 10.4 Å². The maximum Gasteiger partial charge on any atom is 0.337 e. The number of carboxylic acids is 1. The molecule has 0 saturated carbocycles. The SMILES string of the molecule is O=C(NC(=S)Nc1ccc(C(=O)O)c(Cl)c1)c1ccc(Br)cc1. The van der Waals surface area contributed by atoms with E-state index < -0.39 is 5.97 Å². The molecule has 1 amide bonds. The molecule has 0 heterocycles. The molecule has 3 N–H and O–H groups in total. The molecule has 0 unspecified atom stereocenters. The van der Waals surface area contributed by atoms with Crippen LogP contribution in [-0.4, -0.2) is 22.1 Å². The average molecular weight is 414 g/mol. The van der Waals surface area contributed by atoms with Crippen molar-refractivity contribution >= 4 is 62.4 Å². The fourth-order valence-corrected chi connectivity index (χ4v) is 2.44. The molecular weight excluding hydrogens is 404 g/mol. The summed E-state index contributed by atoms with van der Waals surface area (Å²) in [5.41, 5.74) is 0.916. The van der Waals surface area contributed by atoms with E-state index in [-0.39, 0.29) is 21.6 Å². The second-order valence-corrected chi connectivity index (χ2v) is 6.15. The van der Waals surface area contributed by atoms with Gasteiger partial charge in [0.2, 0.25) is 0 Å². The van der Waals surface area contributed by atoms with E-state index >= 15 is 0 Å². The Kier molecular flexibility index (Phi) is 5.70. The first kappa shape index (κ1) is 17.4. The molecule has 0 aliphatic heterocycles. The molecule has 2 aromatic carbocycles. The molecule has 118 valence electrons. The molecule has 5 nitrogen and oxygen atoms in total. The van der Waals surface area contributed by atoms with Crippen LogP contribution in [0, 0.1) is 0 Å². The van der Waals surface area contributed by atoms with Crippen molar-refractivity contribution < 1.29 is 14.7 Å². The number of amides is 1. The number of hydrogen-bond donors (Lipinski definition) is 3. The van der Waals surface area contributed by atoms with Crippen LogP contribution in [0.3, 0.4) is 0 Å². The van der Waals surface area contributed by atoms with Crippen LogP contribution in [0.25, 0.3) is 0 Å². The highest BCUT2D eigenvalue weighted by Gasteiger charge is 2.11. The Morgan fingerprint density at radius 1 is 1.13 bits per heavy atom. The van der Waals surface area contributed by atoms with Gasteiger partial charge in [-0.1, -0.05) is 27.5 Å². The van der Waals surface area contributed by atoms with Crippen LogP contribution >= 0.6 is 39.7 Å². The molecule has 0 saturated heterocycles. The lowest BCUT2D eigenvalue weighted by atomic mass is 10.2. The quantitative estimate of drug-likeness (QED) is 0.665. The van der Waals surface area contributed by atoms with Gasteiger partial charge in [-0.05, 0) is 54.7 Å². The number of carbonyl (C=O) groups is 2. The van der Waals surface area contributed by atoms with Crippen molar-refractivity contribution in [2.75, 3.05) is 5.32 Å². The van der Waals surface area contributed by atoms with Gasteiger partial charge in [0.25, 0.3) is 5.91 Å². The zero-order chi connectivity index (χ0) is 17.0. The third kappa shape index (κ3) is 4.75. The maximum absolute atomic E-state index is 12.0. The van der Waals surface area contributed by atoms with Crippen LogP contribution in [0.5, 0.6) is 0 Å². The number of benzene rings is 2. The molecule has 8 heteroatoms. The largest absolute Gasteiger partial charge is 0.478 e. The average Bonchev–Trinajstić information content (AvgIpc) is 2.47. The van der Waals surface area contributed by atoms with Gasteiger partial charge in [-0.2, -0.15) is 0 Å². The summed E-state index contributed by atoms with van der Waals surface area (Å²) in [5.74, 6) is -1.48. The van der Waals surface area contributed by atoms with Gasteiger partial charge in [-0.15, -0.1) is 0 Å². The predicted molar refractivity (Wildman–Crippen MR) is 96.2 cm³/mol. The third-order valence-electron chi connectivity index (χ3n) is 2.79. The number of hydrogen-bond acceptors (Lipinski definition) is 3. The lowest BCUT2D eigenvalue weighted by Gasteiger charge is -2.10. The summed E-state index contributed by atoms with van der Waals surface area (Å²) in [6.45, 7) is 0. The second-order valence-electron chi connectivity index (χ2n) is 4.41. The van der Waals surface area contributed by atoms with Crippen LogP contribution in [-0.2, 0) is 0 Å². The van der Waals surface area contributed by atoms with Gasteiger partial charge in [0.1, 0.15) is 0 Å². The lowest BCUT2D eigenvalue weighted by molar-refractivity contribution is 0.0697. The number of rotatable bonds is 3.